The van der Waals surface area contributed by atoms with Gasteiger partial charge in [-0.15, -0.1) is 0 Å². The second-order valence-electron chi connectivity index (χ2n) is 7.38. The molecule has 0 bridgehead atoms. The number of sulfonamides is 1. The Hall–Kier alpha value is -2.46. The van der Waals surface area contributed by atoms with E-state index in [1.807, 2.05) is 31.0 Å². The summed E-state index contributed by atoms with van der Waals surface area (Å²) in [5.74, 6) is -0.176. The number of nitrogens with two attached hydrogens (primary N) is 1. The minimum Gasteiger partial charge on any atom is -0.378 e. The lowest BCUT2D eigenvalue weighted by Crippen LogP contribution is -2.40. The van der Waals surface area contributed by atoms with Crippen molar-refractivity contribution in [2.75, 3.05) is 43.6 Å². The van der Waals surface area contributed by atoms with Crippen LogP contribution in [-0.4, -0.2) is 58.6 Å². The van der Waals surface area contributed by atoms with Gasteiger partial charge in [-0.25, -0.2) is 13.6 Å². The molecule has 0 aromatic heterocycles. The summed E-state index contributed by atoms with van der Waals surface area (Å²) in [6, 6.07) is 13.6. The molecule has 3 N–H and O–H groups in total. The van der Waals surface area contributed by atoms with Crippen LogP contribution >= 0.6 is 0 Å². The van der Waals surface area contributed by atoms with Gasteiger partial charge in [0.15, 0.2) is 0 Å². The fraction of sp³-hybridized carbons (Fsp3) is 0.381. The number of para-hydroxylation sites is 1. The Kier molecular flexibility index (Phi) is 7.09. The number of amides is 1. The zero-order valence-electron chi connectivity index (χ0n) is 17.2. The third-order valence-electron chi connectivity index (χ3n) is 5.25. The van der Waals surface area contributed by atoms with Crippen molar-refractivity contribution >= 4 is 27.3 Å². The molecule has 1 aliphatic heterocycles. The van der Waals surface area contributed by atoms with Gasteiger partial charge in [-0.05, 0) is 49.9 Å². The van der Waals surface area contributed by atoms with Crippen molar-refractivity contribution in [3.05, 3.63) is 54.1 Å². The number of ether oxygens (including phenoxy) is 1. The van der Waals surface area contributed by atoms with Gasteiger partial charge in [-0.1, -0.05) is 18.2 Å². The first-order chi connectivity index (χ1) is 14.3. The number of carbonyl (C=O) groups excluding carboxylic acids is 1. The van der Waals surface area contributed by atoms with Crippen LogP contribution in [-0.2, 0) is 26.1 Å². The van der Waals surface area contributed by atoms with Crippen LogP contribution in [0.4, 0.5) is 11.4 Å². The lowest BCUT2D eigenvalue weighted by atomic mass is 10.1. The predicted molar refractivity (Wildman–Crippen MR) is 117 cm³/mol. The zero-order valence-corrected chi connectivity index (χ0v) is 18.1. The molecule has 30 heavy (non-hydrogen) atoms. The van der Waals surface area contributed by atoms with Gasteiger partial charge < -0.3 is 15.0 Å². The Bertz CT molecular complexity index is 973. The summed E-state index contributed by atoms with van der Waals surface area (Å²) in [5.41, 5.74) is 2.83. The lowest BCUT2D eigenvalue weighted by Gasteiger charge is -2.32. The molecule has 2 aromatic rings. The average molecular weight is 433 g/mol. The quantitative estimate of drug-likeness (QED) is 0.689. The minimum atomic E-state index is -3.76. The van der Waals surface area contributed by atoms with Crippen LogP contribution in [0, 0.1) is 0 Å². The number of carbonyl (C=O) groups is 1. The second-order valence-corrected chi connectivity index (χ2v) is 8.94. The molecule has 162 valence electrons. The number of rotatable bonds is 7. The number of morpholine rings is 1. The number of anilines is 2. The van der Waals surface area contributed by atoms with Crippen LogP contribution in [0.25, 0.3) is 0 Å². The number of primary sulfonamides is 1. The third kappa shape index (κ3) is 5.57. The number of hydrogen-bond donors (Lipinski definition) is 2. The molecule has 1 atom stereocenters. The molecular weight excluding hydrogens is 404 g/mol. The van der Waals surface area contributed by atoms with E-state index in [1.54, 1.807) is 0 Å². The lowest BCUT2D eigenvalue weighted by molar-refractivity contribution is -0.120. The molecule has 0 saturated carbocycles. The van der Waals surface area contributed by atoms with Crippen LogP contribution in [0.5, 0.6) is 0 Å². The molecule has 0 radical (unpaired) electrons. The SMILES string of the molecule is CC(C(=O)Nc1ccc(S(N)(=O)=O)cc1)N(C)Cc1ccccc1N1CCOCC1. The highest BCUT2D eigenvalue weighted by Crippen LogP contribution is 2.23. The predicted octanol–water partition coefficient (Wildman–Crippen LogP) is 1.63. The van der Waals surface area contributed by atoms with Gasteiger partial charge in [0, 0.05) is 31.0 Å². The molecule has 1 fully saturated rings. The van der Waals surface area contributed by atoms with Crippen molar-refractivity contribution in [2.45, 2.75) is 24.4 Å². The number of likely N-dealkylation sites (N-methyl/N-ethyl adjacent to an activating group) is 1. The standard InChI is InChI=1S/C21H28N4O4S/c1-16(21(26)23-18-7-9-19(10-8-18)30(22,27)28)24(2)15-17-5-3-4-6-20(17)25-11-13-29-14-12-25/h3-10,16H,11-15H2,1-2H3,(H,23,26)(H2,22,27,28). The van der Waals surface area contributed by atoms with E-state index in [0.717, 1.165) is 18.7 Å². The summed E-state index contributed by atoms with van der Waals surface area (Å²) in [5, 5.41) is 7.93. The van der Waals surface area contributed by atoms with Crippen LogP contribution in [0.2, 0.25) is 0 Å². The van der Waals surface area contributed by atoms with E-state index in [1.165, 1.54) is 30.0 Å². The number of nitrogens with zero attached hydrogens (tertiary/aromatic N) is 2. The van der Waals surface area contributed by atoms with Crippen molar-refractivity contribution in [1.82, 2.24) is 4.90 Å². The molecule has 1 aliphatic rings. The first kappa shape index (κ1) is 22.2. The van der Waals surface area contributed by atoms with E-state index in [9.17, 15) is 13.2 Å². The molecule has 1 heterocycles. The Labute approximate surface area is 177 Å². The van der Waals surface area contributed by atoms with Gasteiger partial charge in [-0.3, -0.25) is 9.69 Å². The fourth-order valence-electron chi connectivity index (χ4n) is 3.34. The molecule has 0 spiro atoms. The Morgan fingerprint density at radius 2 is 1.80 bits per heavy atom. The molecule has 1 saturated heterocycles. The smallest absolute Gasteiger partial charge is 0.241 e. The normalized spacial score (nSPS) is 15.8. The van der Waals surface area contributed by atoms with Gasteiger partial charge in [0.25, 0.3) is 0 Å². The average Bonchev–Trinajstić information content (AvgIpc) is 2.74. The zero-order chi connectivity index (χ0) is 21.7. The molecule has 2 aromatic carbocycles. The van der Waals surface area contributed by atoms with E-state index in [4.69, 9.17) is 9.88 Å². The van der Waals surface area contributed by atoms with Crippen molar-refractivity contribution < 1.29 is 17.9 Å². The molecule has 1 amide bonds. The van der Waals surface area contributed by atoms with Crippen LogP contribution in [0.3, 0.4) is 0 Å². The Morgan fingerprint density at radius 1 is 1.17 bits per heavy atom. The molecule has 9 heteroatoms. The number of nitrogens with one attached hydrogen (secondary N) is 1. The van der Waals surface area contributed by atoms with Crippen molar-refractivity contribution in [1.29, 1.82) is 0 Å². The summed E-state index contributed by atoms with van der Waals surface area (Å²) < 4.78 is 28.2. The number of hydrogen-bond acceptors (Lipinski definition) is 6. The van der Waals surface area contributed by atoms with Gasteiger partial charge >= 0.3 is 0 Å². The topological polar surface area (TPSA) is 105 Å². The molecular formula is C21H28N4O4S. The maximum absolute atomic E-state index is 12.7. The van der Waals surface area contributed by atoms with E-state index in [2.05, 4.69) is 22.3 Å². The van der Waals surface area contributed by atoms with E-state index >= 15 is 0 Å². The fourth-order valence-corrected chi connectivity index (χ4v) is 3.85. The maximum Gasteiger partial charge on any atom is 0.241 e. The largest absolute Gasteiger partial charge is 0.378 e. The summed E-state index contributed by atoms with van der Waals surface area (Å²) in [6.07, 6.45) is 0. The second kappa shape index (κ2) is 9.57. The van der Waals surface area contributed by atoms with Crippen LogP contribution < -0.4 is 15.4 Å². The third-order valence-corrected chi connectivity index (χ3v) is 6.18. The van der Waals surface area contributed by atoms with Gasteiger partial charge in [0.2, 0.25) is 15.9 Å². The maximum atomic E-state index is 12.7. The van der Waals surface area contributed by atoms with Crippen molar-refractivity contribution in [3.8, 4) is 0 Å². The van der Waals surface area contributed by atoms with Crippen molar-refractivity contribution in [2.24, 2.45) is 5.14 Å². The van der Waals surface area contributed by atoms with Gasteiger partial charge in [0.1, 0.15) is 0 Å². The Balaban J connectivity index is 1.64. The summed E-state index contributed by atoms with van der Waals surface area (Å²) in [7, 11) is -1.85. The minimum absolute atomic E-state index is 0.00499. The van der Waals surface area contributed by atoms with Crippen LogP contribution in [0.15, 0.2) is 53.4 Å². The molecule has 3 rings (SSSR count). The highest BCUT2D eigenvalue weighted by molar-refractivity contribution is 7.89. The molecule has 1 unspecified atom stereocenters. The van der Waals surface area contributed by atoms with Gasteiger partial charge in [-0.2, -0.15) is 0 Å². The molecule has 0 aliphatic carbocycles. The highest BCUT2D eigenvalue weighted by atomic mass is 32.2. The first-order valence-electron chi connectivity index (χ1n) is 9.80. The van der Waals surface area contributed by atoms with Gasteiger partial charge in [0.05, 0.1) is 24.2 Å². The van der Waals surface area contributed by atoms with E-state index in [0.29, 0.717) is 25.4 Å². The summed E-state index contributed by atoms with van der Waals surface area (Å²) in [4.78, 5) is 17.0. The Morgan fingerprint density at radius 3 is 2.43 bits per heavy atom. The monoisotopic (exact) mass is 432 g/mol. The first-order valence-corrected chi connectivity index (χ1v) is 11.3. The van der Waals surface area contributed by atoms with E-state index in [-0.39, 0.29) is 16.8 Å². The van der Waals surface area contributed by atoms with Crippen molar-refractivity contribution in [3.63, 3.8) is 0 Å². The number of benzene rings is 2. The highest BCUT2D eigenvalue weighted by Gasteiger charge is 2.21. The van der Waals surface area contributed by atoms with Crippen LogP contribution in [0.1, 0.15) is 12.5 Å². The summed E-state index contributed by atoms with van der Waals surface area (Å²) >= 11 is 0. The summed E-state index contributed by atoms with van der Waals surface area (Å²) in [6.45, 7) is 5.59. The molecule has 8 nitrogen and oxygen atoms in total. The van der Waals surface area contributed by atoms with E-state index < -0.39 is 10.0 Å².